The quantitative estimate of drug-likeness (QED) is 0.821. The Labute approximate surface area is 112 Å². The fourth-order valence-electron chi connectivity index (χ4n) is 1.79. The molecule has 0 bridgehead atoms. The lowest BCUT2D eigenvalue weighted by Crippen LogP contribution is -2.05. The minimum atomic E-state index is 0.515. The molecule has 0 saturated carbocycles. The zero-order valence-electron chi connectivity index (χ0n) is 10.7. The maximum absolute atomic E-state index is 5.96. The molecule has 0 aliphatic rings. The van der Waals surface area contributed by atoms with Crippen molar-refractivity contribution >= 4 is 11.6 Å². The van der Waals surface area contributed by atoms with Crippen LogP contribution in [0.5, 0.6) is 5.75 Å². The van der Waals surface area contributed by atoms with Gasteiger partial charge in [0.2, 0.25) is 0 Å². The number of halogens is 1. The normalized spacial score (nSPS) is 10.6. The van der Waals surface area contributed by atoms with Crippen molar-refractivity contribution in [2.24, 2.45) is 0 Å². The van der Waals surface area contributed by atoms with E-state index in [1.807, 2.05) is 37.6 Å². The van der Waals surface area contributed by atoms with Crippen molar-refractivity contribution in [3.63, 3.8) is 0 Å². The van der Waals surface area contributed by atoms with Crippen molar-refractivity contribution in [2.75, 3.05) is 0 Å². The molecule has 1 heterocycles. The first-order valence-corrected chi connectivity index (χ1v) is 6.46. The topological polar surface area (TPSA) is 27.1 Å². The molecule has 0 fully saturated rings. The first-order valence-electron chi connectivity index (χ1n) is 6.08. The summed E-state index contributed by atoms with van der Waals surface area (Å²) in [6.07, 6.45) is 4.77. The summed E-state index contributed by atoms with van der Waals surface area (Å²) in [6, 6.07) is 5.67. The van der Waals surface area contributed by atoms with Crippen LogP contribution in [0.15, 0.2) is 30.7 Å². The molecule has 0 spiro atoms. The van der Waals surface area contributed by atoms with E-state index in [2.05, 4.69) is 16.5 Å². The first kappa shape index (κ1) is 13.0. The van der Waals surface area contributed by atoms with E-state index in [-0.39, 0.29) is 0 Å². The van der Waals surface area contributed by atoms with Crippen molar-refractivity contribution in [3.05, 3.63) is 47.0 Å². The number of aromatic nitrogens is 2. The minimum absolute atomic E-state index is 0.515. The number of aryl methyl sites for hydroxylation is 2. The Morgan fingerprint density at radius 1 is 1.39 bits per heavy atom. The summed E-state index contributed by atoms with van der Waals surface area (Å²) in [6.45, 7) is 5.63. The molecule has 0 unspecified atom stereocenters. The maximum atomic E-state index is 5.96. The average Bonchev–Trinajstić information content (AvgIpc) is 2.78. The Morgan fingerprint density at radius 3 is 3.00 bits per heavy atom. The minimum Gasteiger partial charge on any atom is -0.487 e. The van der Waals surface area contributed by atoms with Gasteiger partial charge in [-0.05, 0) is 31.0 Å². The standard InChI is InChI=1S/C14H17ClN2O/c1-3-6-17-10-16-8-13(17)9-18-14-7-12(15)5-4-11(14)2/h4-5,7-8,10H,3,6,9H2,1-2H3. The van der Waals surface area contributed by atoms with Gasteiger partial charge in [0.25, 0.3) is 0 Å². The Morgan fingerprint density at radius 2 is 2.22 bits per heavy atom. The Balaban J connectivity index is 2.06. The number of nitrogens with zero attached hydrogens (tertiary/aromatic N) is 2. The van der Waals surface area contributed by atoms with Crippen LogP contribution in [-0.2, 0) is 13.2 Å². The van der Waals surface area contributed by atoms with Crippen LogP contribution in [-0.4, -0.2) is 9.55 Å². The summed E-state index contributed by atoms with van der Waals surface area (Å²) in [4.78, 5) is 4.15. The summed E-state index contributed by atoms with van der Waals surface area (Å²) in [5.41, 5.74) is 2.16. The van der Waals surface area contributed by atoms with Gasteiger partial charge in [-0.1, -0.05) is 24.6 Å². The first-order chi connectivity index (χ1) is 8.70. The number of imidazole rings is 1. The molecule has 3 nitrogen and oxygen atoms in total. The van der Waals surface area contributed by atoms with Gasteiger partial charge >= 0.3 is 0 Å². The molecule has 0 aliphatic heterocycles. The third-order valence-corrected chi connectivity index (χ3v) is 3.02. The molecule has 18 heavy (non-hydrogen) atoms. The molecule has 0 saturated heterocycles. The van der Waals surface area contributed by atoms with Crippen LogP contribution in [0.2, 0.25) is 5.02 Å². The largest absolute Gasteiger partial charge is 0.487 e. The fraction of sp³-hybridized carbons (Fsp3) is 0.357. The maximum Gasteiger partial charge on any atom is 0.130 e. The lowest BCUT2D eigenvalue weighted by molar-refractivity contribution is 0.292. The summed E-state index contributed by atoms with van der Waals surface area (Å²) < 4.78 is 7.91. The summed E-state index contributed by atoms with van der Waals surface area (Å²) >= 11 is 5.96. The van der Waals surface area contributed by atoms with E-state index < -0.39 is 0 Å². The fourth-order valence-corrected chi connectivity index (χ4v) is 1.95. The van der Waals surface area contributed by atoms with Gasteiger partial charge in [-0.25, -0.2) is 4.98 Å². The van der Waals surface area contributed by atoms with Crippen LogP contribution in [0.3, 0.4) is 0 Å². The molecule has 0 aliphatic carbocycles. The SMILES string of the molecule is CCCn1cncc1COc1cc(Cl)ccc1C. The smallest absolute Gasteiger partial charge is 0.130 e. The molecule has 1 aromatic heterocycles. The number of ether oxygens (including phenoxy) is 1. The number of hydrogen-bond acceptors (Lipinski definition) is 2. The van der Waals surface area contributed by atoms with Gasteiger partial charge in [0, 0.05) is 11.6 Å². The van der Waals surface area contributed by atoms with E-state index in [9.17, 15) is 0 Å². The zero-order valence-corrected chi connectivity index (χ0v) is 11.4. The highest BCUT2D eigenvalue weighted by atomic mass is 35.5. The number of hydrogen-bond donors (Lipinski definition) is 0. The van der Waals surface area contributed by atoms with Crippen molar-refractivity contribution in [1.29, 1.82) is 0 Å². The third-order valence-electron chi connectivity index (χ3n) is 2.79. The number of benzene rings is 1. The highest BCUT2D eigenvalue weighted by Crippen LogP contribution is 2.23. The highest BCUT2D eigenvalue weighted by Gasteiger charge is 2.05. The molecule has 96 valence electrons. The molecule has 0 amide bonds. The van der Waals surface area contributed by atoms with E-state index in [0.717, 1.165) is 30.0 Å². The van der Waals surface area contributed by atoms with Crippen molar-refractivity contribution in [1.82, 2.24) is 9.55 Å². The molecular weight excluding hydrogens is 248 g/mol. The lowest BCUT2D eigenvalue weighted by Gasteiger charge is -2.11. The zero-order chi connectivity index (χ0) is 13.0. The van der Waals surface area contributed by atoms with Gasteiger partial charge < -0.3 is 9.30 Å². The Kier molecular flexibility index (Phi) is 4.26. The summed E-state index contributed by atoms with van der Waals surface area (Å²) in [7, 11) is 0. The van der Waals surface area contributed by atoms with Crippen LogP contribution in [0.1, 0.15) is 24.6 Å². The monoisotopic (exact) mass is 264 g/mol. The van der Waals surface area contributed by atoms with Crippen LogP contribution in [0.4, 0.5) is 0 Å². The van der Waals surface area contributed by atoms with Crippen molar-refractivity contribution < 1.29 is 4.74 Å². The number of rotatable bonds is 5. The second kappa shape index (κ2) is 5.91. The average molecular weight is 265 g/mol. The van der Waals surface area contributed by atoms with Gasteiger partial charge in [0.1, 0.15) is 12.4 Å². The van der Waals surface area contributed by atoms with E-state index >= 15 is 0 Å². The van der Waals surface area contributed by atoms with E-state index in [0.29, 0.717) is 11.6 Å². The predicted octanol–water partition coefficient (Wildman–Crippen LogP) is 3.83. The van der Waals surface area contributed by atoms with E-state index in [1.165, 1.54) is 0 Å². The Bertz CT molecular complexity index is 522. The van der Waals surface area contributed by atoms with Gasteiger partial charge in [0.05, 0.1) is 18.2 Å². The van der Waals surface area contributed by atoms with Gasteiger partial charge in [0.15, 0.2) is 0 Å². The third kappa shape index (κ3) is 3.05. The summed E-state index contributed by atoms with van der Waals surface area (Å²) in [5, 5.41) is 0.692. The van der Waals surface area contributed by atoms with Crippen molar-refractivity contribution in [3.8, 4) is 5.75 Å². The molecule has 0 N–H and O–H groups in total. The molecular formula is C14H17ClN2O. The molecule has 0 atom stereocenters. The second-order valence-electron chi connectivity index (χ2n) is 4.28. The lowest BCUT2D eigenvalue weighted by atomic mass is 10.2. The predicted molar refractivity (Wildman–Crippen MR) is 73.0 cm³/mol. The molecule has 2 aromatic rings. The van der Waals surface area contributed by atoms with E-state index in [4.69, 9.17) is 16.3 Å². The molecule has 0 radical (unpaired) electrons. The van der Waals surface area contributed by atoms with Gasteiger partial charge in [-0.15, -0.1) is 0 Å². The summed E-state index contributed by atoms with van der Waals surface area (Å²) in [5.74, 6) is 0.826. The van der Waals surface area contributed by atoms with Crippen LogP contribution in [0.25, 0.3) is 0 Å². The van der Waals surface area contributed by atoms with Crippen LogP contribution < -0.4 is 4.74 Å². The van der Waals surface area contributed by atoms with E-state index in [1.54, 1.807) is 0 Å². The molecule has 4 heteroatoms. The van der Waals surface area contributed by atoms with Gasteiger partial charge in [-0.3, -0.25) is 0 Å². The highest BCUT2D eigenvalue weighted by molar-refractivity contribution is 6.30. The molecule has 1 aromatic carbocycles. The van der Waals surface area contributed by atoms with Gasteiger partial charge in [-0.2, -0.15) is 0 Å². The second-order valence-corrected chi connectivity index (χ2v) is 4.71. The van der Waals surface area contributed by atoms with Crippen LogP contribution in [0, 0.1) is 6.92 Å². The molecule has 2 rings (SSSR count). The Hall–Kier alpha value is -1.48. The van der Waals surface area contributed by atoms with Crippen LogP contribution >= 0.6 is 11.6 Å². The van der Waals surface area contributed by atoms with Crippen molar-refractivity contribution in [2.45, 2.75) is 33.4 Å².